The van der Waals surface area contributed by atoms with Gasteiger partial charge in [-0.1, -0.05) is 30.0 Å². The summed E-state index contributed by atoms with van der Waals surface area (Å²) in [7, 11) is 0. The summed E-state index contributed by atoms with van der Waals surface area (Å²) < 4.78 is 0. The number of anilines is 1. The number of carbonyl (C=O) groups excluding carboxylic acids is 2. The number of pyridine rings is 1. The number of hydrogen-bond acceptors (Lipinski definition) is 5. The van der Waals surface area contributed by atoms with Crippen LogP contribution in [0.25, 0.3) is 33.3 Å². The molecule has 0 saturated carbocycles. The second-order valence-electron chi connectivity index (χ2n) is 7.77. The molecule has 0 saturated heterocycles. The Hall–Kier alpha value is -4.04. The highest BCUT2D eigenvalue weighted by molar-refractivity contribution is 8.03. The quantitative estimate of drug-likeness (QED) is 0.418. The van der Waals surface area contributed by atoms with E-state index >= 15 is 0 Å². The molecular formula is C25H21N5O2S. The highest BCUT2D eigenvalue weighted by Gasteiger charge is 2.28. The molecule has 0 radical (unpaired) electrons. The molecule has 8 heteroatoms. The molecule has 2 aromatic heterocycles. The maximum absolute atomic E-state index is 12.1. The molecular weight excluding hydrogens is 434 g/mol. The minimum atomic E-state index is -0.500. The molecule has 2 aromatic carbocycles. The molecule has 0 spiro atoms. The fourth-order valence-electron chi connectivity index (χ4n) is 4.26. The lowest BCUT2D eigenvalue weighted by Gasteiger charge is -2.25. The SMILES string of the molecule is Cc1c(-c2ccc(C(N)=O)c3[nH]c(-c4cccnc4)cc23)cccc1N1C=CSC1C(N)=O. The van der Waals surface area contributed by atoms with Gasteiger partial charge in [-0.3, -0.25) is 14.6 Å². The van der Waals surface area contributed by atoms with Crippen molar-refractivity contribution in [2.24, 2.45) is 11.5 Å². The average Bonchev–Trinajstić information content (AvgIpc) is 3.47. The predicted molar refractivity (Wildman–Crippen MR) is 132 cm³/mol. The van der Waals surface area contributed by atoms with Gasteiger partial charge in [-0.25, -0.2) is 0 Å². The number of aromatic nitrogens is 2. The largest absolute Gasteiger partial charge is 0.367 e. The molecule has 4 aromatic rings. The Morgan fingerprint density at radius 3 is 2.67 bits per heavy atom. The first-order valence-electron chi connectivity index (χ1n) is 10.3. The lowest BCUT2D eigenvalue weighted by Crippen LogP contribution is -2.37. The summed E-state index contributed by atoms with van der Waals surface area (Å²) in [6.45, 7) is 2.02. The number of nitrogens with two attached hydrogens (primary N) is 2. The van der Waals surface area contributed by atoms with E-state index in [1.54, 1.807) is 18.5 Å². The standard InChI is InChI=1S/C25H21N5O2S/c1-14-16(5-2-6-21(14)30-10-11-33-25(30)24(27)32)17-7-8-18(23(26)31)22-19(17)12-20(29-22)15-4-3-9-28-13-15/h2-13,25,29H,1H3,(H2,26,31)(H2,27,32). The van der Waals surface area contributed by atoms with Gasteiger partial charge in [0, 0.05) is 40.9 Å². The fourth-order valence-corrected chi connectivity index (χ4v) is 5.06. The van der Waals surface area contributed by atoms with Gasteiger partial charge in [-0.15, -0.1) is 0 Å². The third-order valence-corrected chi connectivity index (χ3v) is 6.83. The second kappa shape index (κ2) is 8.14. The molecule has 1 atom stereocenters. The number of primary amides is 2. The van der Waals surface area contributed by atoms with Crippen LogP contribution in [0.3, 0.4) is 0 Å². The topological polar surface area (TPSA) is 118 Å². The van der Waals surface area contributed by atoms with E-state index in [9.17, 15) is 9.59 Å². The Morgan fingerprint density at radius 2 is 1.94 bits per heavy atom. The minimum absolute atomic E-state index is 0.394. The van der Waals surface area contributed by atoms with E-state index in [4.69, 9.17) is 11.5 Å². The number of nitrogens with one attached hydrogen (secondary N) is 1. The van der Waals surface area contributed by atoms with Gasteiger partial charge < -0.3 is 21.4 Å². The summed E-state index contributed by atoms with van der Waals surface area (Å²) >= 11 is 1.38. The Labute approximate surface area is 194 Å². The molecule has 1 unspecified atom stereocenters. The smallest absolute Gasteiger partial charge is 0.251 e. The van der Waals surface area contributed by atoms with Crippen molar-refractivity contribution in [3.8, 4) is 22.4 Å². The molecule has 1 aliphatic rings. The van der Waals surface area contributed by atoms with Crippen molar-refractivity contribution in [3.05, 3.63) is 83.7 Å². The average molecular weight is 456 g/mol. The Balaban J connectivity index is 1.70. The van der Waals surface area contributed by atoms with Gasteiger partial charge in [0.1, 0.15) is 0 Å². The van der Waals surface area contributed by atoms with Crippen molar-refractivity contribution in [1.82, 2.24) is 9.97 Å². The predicted octanol–water partition coefficient (Wildman–Crippen LogP) is 4.14. The normalized spacial score (nSPS) is 15.3. The first-order chi connectivity index (χ1) is 16.0. The third kappa shape index (κ3) is 3.54. The van der Waals surface area contributed by atoms with Crippen molar-refractivity contribution in [1.29, 1.82) is 0 Å². The summed E-state index contributed by atoms with van der Waals surface area (Å²) in [5.74, 6) is -0.894. The van der Waals surface area contributed by atoms with Crippen LogP contribution in [0.5, 0.6) is 0 Å². The van der Waals surface area contributed by atoms with E-state index in [1.165, 1.54) is 11.8 Å². The first kappa shape index (κ1) is 20.8. The van der Waals surface area contributed by atoms with Crippen molar-refractivity contribution in [3.63, 3.8) is 0 Å². The van der Waals surface area contributed by atoms with Crippen LogP contribution in [0.15, 0.2) is 72.5 Å². The van der Waals surface area contributed by atoms with E-state index in [2.05, 4.69) is 9.97 Å². The minimum Gasteiger partial charge on any atom is -0.367 e. The van der Waals surface area contributed by atoms with Crippen molar-refractivity contribution in [2.45, 2.75) is 12.3 Å². The Kier molecular flexibility index (Phi) is 5.14. The molecule has 5 N–H and O–H groups in total. The number of amides is 2. The summed E-state index contributed by atoms with van der Waals surface area (Å²) in [4.78, 5) is 33.5. The maximum Gasteiger partial charge on any atom is 0.251 e. The molecule has 7 nitrogen and oxygen atoms in total. The molecule has 3 heterocycles. The van der Waals surface area contributed by atoms with Gasteiger partial charge in [-0.05, 0) is 59.4 Å². The number of carbonyl (C=O) groups is 2. The van der Waals surface area contributed by atoms with Crippen LogP contribution >= 0.6 is 11.8 Å². The summed E-state index contributed by atoms with van der Waals surface area (Å²) in [6, 6.07) is 15.4. The highest BCUT2D eigenvalue weighted by Crippen LogP contribution is 2.40. The van der Waals surface area contributed by atoms with Crippen LogP contribution in [-0.4, -0.2) is 27.2 Å². The molecule has 1 aliphatic heterocycles. The van der Waals surface area contributed by atoms with Crippen LogP contribution in [0.1, 0.15) is 15.9 Å². The molecule has 164 valence electrons. The lowest BCUT2D eigenvalue weighted by molar-refractivity contribution is -0.117. The van der Waals surface area contributed by atoms with Gasteiger partial charge >= 0.3 is 0 Å². The van der Waals surface area contributed by atoms with Crippen LogP contribution in [0.4, 0.5) is 5.69 Å². The fraction of sp³-hybridized carbons (Fsp3) is 0.0800. The molecule has 0 aliphatic carbocycles. The second-order valence-corrected chi connectivity index (χ2v) is 8.76. The molecule has 5 rings (SSSR count). The highest BCUT2D eigenvalue weighted by atomic mass is 32.2. The van der Waals surface area contributed by atoms with Crippen LogP contribution in [0.2, 0.25) is 0 Å². The van der Waals surface area contributed by atoms with Gasteiger partial charge in [0.2, 0.25) is 0 Å². The lowest BCUT2D eigenvalue weighted by atomic mass is 9.94. The third-order valence-electron chi connectivity index (χ3n) is 5.83. The monoisotopic (exact) mass is 455 g/mol. The van der Waals surface area contributed by atoms with Gasteiger partial charge in [0.05, 0.1) is 11.1 Å². The number of aromatic amines is 1. The Bertz CT molecular complexity index is 1430. The van der Waals surface area contributed by atoms with Gasteiger partial charge in [-0.2, -0.15) is 0 Å². The van der Waals surface area contributed by atoms with E-state index < -0.39 is 17.2 Å². The zero-order chi connectivity index (χ0) is 23.1. The van der Waals surface area contributed by atoms with Crippen molar-refractivity contribution < 1.29 is 9.59 Å². The van der Waals surface area contributed by atoms with Gasteiger partial charge in [0.25, 0.3) is 11.8 Å². The van der Waals surface area contributed by atoms with Crippen LogP contribution in [-0.2, 0) is 4.79 Å². The zero-order valence-corrected chi connectivity index (χ0v) is 18.6. The number of thioether (sulfide) groups is 1. The summed E-state index contributed by atoms with van der Waals surface area (Å²) in [5.41, 5.74) is 17.9. The molecule has 0 fully saturated rings. The molecule has 0 bridgehead atoms. The molecule has 33 heavy (non-hydrogen) atoms. The van der Waals surface area contributed by atoms with E-state index in [0.717, 1.165) is 39.0 Å². The number of hydrogen-bond donors (Lipinski definition) is 3. The zero-order valence-electron chi connectivity index (χ0n) is 17.8. The number of rotatable bonds is 5. The number of H-pyrrole nitrogens is 1. The molecule has 2 amide bonds. The number of fused-ring (bicyclic) bond motifs is 1. The summed E-state index contributed by atoms with van der Waals surface area (Å²) in [6.07, 6.45) is 5.35. The Morgan fingerprint density at radius 1 is 1.09 bits per heavy atom. The van der Waals surface area contributed by atoms with E-state index in [0.29, 0.717) is 11.1 Å². The van der Waals surface area contributed by atoms with Crippen molar-refractivity contribution >= 4 is 40.2 Å². The van der Waals surface area contributed by atoms with Crippen LogP contribution < -0.4 is 16.4 Å². The van der Waals surface area contributed by atoms with Gasteiger partial charge in [0.15, 0.2) is 5.37 Å². The number of nitrogens with zero attached hydrogens (tertiary/aromatic N) is 2. The van der Waals surface area contributed by atoms with E-state index in [-0.39, 0.29) is 0 Å². The first-order valence-corrected chi connectivity index (χ1v) is 11.3. The maximum atomic E-state index is 12.1. The summed E-state index contributed by atoms with van der Waals surface area (Å²) in [5, 5.41) is 2.26. The van der Waals surface area contributed by atoms with Crippen LogP contribution in [0, 0.1) is 6.92 Å². The van der Waals surface area contributed by atoms with E-state index in [1.807, 2.05) is 65.9 Å². The number of benzene rings is 2. The van der Waals surface area contributed by atoms with Crippen molar-refractivity contribution in [2.75, 3.05) is 4.90 Å².